The maximum atomic E-state index is 11.7. The van der Waals surface area contributed by atoms with Gasteiger partial charge in [-0.1, -0.05) is 24.3 Å². The Morgan fingerprint density at radius 2 is 1.86 bits per heavy atom. The number of hydrogen-bond acceptors (Lipinski definition) is 2. The summed E-state index contributed by atoms with van der Waals surface area (Å²) in [6, 6.07) is 14.3. The van der Waals surface area contributed by atoms with Crippen LogP contribution in [-0.4, -0.2) is 10.4 Å². The van der Waals surface area contributed by atoms with E-state index in [0.717, 1.165) is 22.0 Å². The van der Waals surface area contributed by atoms with Gasteiger partial charge < -0.3 is 9.88 Å². The summed E-state index contributed by atoms with van der Waals surface area (Å²) in [5, 5.41) is 5.66. The Balaban J connectivity index is 2.07. The van der Waals surface area contributed by atoms with Gasteiger partial charge in [-0.05, 0) is 49.5 Å². The second-order valence-electron chi connectivity index (χ2n) is 5.53. The SMILES string of the molecule is CC(=O)c1ccc2c(c1)c1ccccc1n2C1C=CC=CN1. The molecule has 1 aliphatic rings. The number of para-hydroxylation sites is 1. The highest BCUT2D eigenvalue weighted by Gasteiger charge is 2.16. The molecular weight excluding hydrogens is 272 g/mol. The van der Waals surface area contributed by atoms with Crippen molar-refractivity contribution in [2.24, 2.45) is 0 Å². The van der Waals surface area contributed by atoms with Crippen LogP contribution in [0, 0.1) is 0 Å². The van der Waals surface area contributed by atoms with E-state index in [4.69, 9.17) is 0 Å². The van der Waals surface area contributed by atoms with Gasteiger partial charge in [0.15, 0.2) is 5.78 Å². The zero-order valence-corrected chi connectivity index (χ0v) is 12.3. The lowest BCUT2D eigenvalue weighted by molar-refractivity contribution is 0.101. The topological polar surface area (TPSA) is 34.0 Å². The summed E-state index contributed by atoms with van der Waals surface area (Å²) in [5.74, 6) is 0.0948. The largest absolute Gasteiger partial charge is 0.368 e. The third-order valence-corrected chi connectivity index (χ3v) is 4.16. The van der Waals surface area contributed by atoms with Crippen LogP contribution in [0.4, 0.5) is 0 Å². The summed E-state index contributed by atoms with van der Waals surface area (Å²) in [7, 11) is 0. The van der Waals surface area contributed by atoms with Crippen molar-refractivity contribution in [3.63, 3.8) is 0 Å². The van der Waals surface area contributed by atoms with Gasteiger partial charge in [0.25, 0.3) is 0 Å². The van der Waals surface area contributed by atoms with Crippen LogP contribution in [0.2, 0.25) is 0 Å². The fourth-order valence-electron chi connectivity index (χ4n) is 3.12. The molecule has 2 heterocycles. The third-order valence-electron chi connectivity index (χ3n) is 4.16. The summed E-state index contributed by atoms with van der Waals surface area (Å²) < 4.78 is 2.27. The number of benzene rings is 2. The number of fused-ring (bicyclic) bond motifs is 3. The highest BCUT2D eigenvalue weighted by molar-refractivity contribution is 6.10. The van der Waals surface area contributed by atoms with Crippen LogP contribution in [-0.2, 0) is 0 Å². The third kappa shape index (κ3) is 1.86. The summed E-state index contributed by atoms with van der Waals surface area (Å²) in [6.45, 7) is 1.61. The minimum atomic E-state index is 0.0792. The number of rotatable bonds is 2. The molecule has 1 aliphatic heterocycles. The Morgan fingerprint density at radius 1 is 1.05 bits per heavy atom. The Kier molecular flexibility index (Phi) is 2.86. The van der Waals surface area contributed by atoms with Crippen molar-refractivity contribution in [2.45, 2.75) is 13.1 Å². The van der Waals surface area contributed by atoms with Crippen LogP contribution < -0.4 is 5.32 Å². The number of aromatic nitrogens is 1. The highest BCUT2D eigenvalue weighted by atomic mass is 16.1. The maximum Gasteiger partial charge on any atom is 0.159 e. The molecule has 0 radical (unpaired) electrons. The lowest BCUT2D eigenvalue weighted by Gasteiger charge is -2.20. The molecule has 0 spiro atoms. The number of dihydropyridines is 1. The van der Waals surface area contributed by atoms with Gasteiger partial charge in [0, 0.05) is 16.3 Å². The molecule has 0 saturated carbocycles. The molecule has 3 nitrogen and oxygen atoms in total. The van der Waals surface area contributed by atoms with Crippen molar-refractivity contribution in [3.8, 4) is 0 Å². The Labute approximate surface area is 128 Å². The molecule has 3 aromatic rings. The zero-order chi connectivity index (χ0) is 15.1. The van der Waals surface area contributed by atoms with Crippen molar-refractivity contribution in [3.05, 3.63) is 72.5 Å². The van der Waals surface area contributed by atoms with E-state index in [1.807, 2.05) is 48.7 Å². The number of carbonyl (C=O) groups excluding carboxylic acids is 1. The molecule has 1 unspecified atom stereocenters. The number of carbonyl (C=O) groups is 1. The number of nitrogens with zero attached hydrogens (tertiary/aromatic N) is 1. The average Bonchev–Trinajstić information content (AvgIpc) is 2.89. The Bertz CT molecular complexity index is 947. The molecule has 3 heteroatoms. The van der Waals surface area contributed by atoms with Crippen LogP contribution in [0.1, 0.15) is 23.4 Å². The normalized spacial score (nSPS) is 17.0. The average molecular weight is 288 g/mol. The van der Waals surface area contributed by atoms with E-state index in [9.17, 15) is 4.79 Å². The van der Waals surface area contributed by atoms with Crippen LogP contribution in [0.5, 0.6) is 0 Å². The quantitative estimate of drug-likeness (QED) is 0.718. The Hall–Kier alpha value is -2.81. The molecule has 108 valence electrons. The molecule has 0 saturated heterocycles. The van der Waals surface area contributed by atoms with Crippen molar-refractivity contribution in [2.75, 3.05) is 0 Å². The molecule has 0 aliphatic carbocycles. The van der Waals surface area contributed by atoms with E-state index in [-0.39, 0.29) is 11.9 Å². The molecule has 22 heavy (non-hydrogen) atoms. The molecular formula is C19H16N2O. The lowest BCUT2D eigenvalue weighted by Crippen LogP contribution is -2.21. The Morgan fingerprint density at radius 3 is 2.64 bits per heavy atom. The van der Waals surface area contributed by atoms with Gasteiger partial charge in [0.1, 0.15) is 6.17 Å². The van der Waals surface area contributed by atoms with E-state index in [0.29, 0.717) is 0 Å². The monoisotopic (exact) mass is 288 g/mol. The standard InChI is InChI=1S/C19H16N2O/c1-13(22)14-9-10-18-16(12-14)15-6-2-3-7-17(15)21(18)19-8-4-5-11-20-19/h2-12,19-20H,1H3. The first-order valence-corrected chi connectivity index (χ1v) is 7.39. The van der Waals surface area contributed by atoms with Gasteiger partial charge in [0.2, 0.25) is 0 Å². The van der Waals surface area contributed by atoms with Gasteiger partial charge in [-0.15, -0.1) is 0 Å². The van der Waals surface area contributed by atoms with Crippen molar-refractivity contribution < 1.29 is 4.79 Å². The second-order valence-corrected chi connectivity index (χ2v) is 5.53. The summed E-state index contributed by atoms with van der Waals surface area (Å²) >= 11 is 0. The van der Waals surface area contributed by atoms with Crippen molar-refractivity contribution in [1.29, 1.82) is 0 Å². The first kappa shape index (κ1) is 12.9. The number of nitrogens with one attached hydrogen (secondary N) is 1. The second kappa shape index (κ2) is 4.88. The smallest absolute Gasteiger partial charge is 0.159 e. The summed E-state index contributed by atoms with van der Waals surface area (Å²) in [5.41, 5.74) is 3.04. The van der Waals surface area contributed by atoms with E-state index >= 15 is 0 Å². The minimum Gasteiger partial charge on any atom is -0.368 e. The minimum absolute atomic E-state index is 0.0792. The summed E-state index contributed by atoms with van der Waals surface area (Å²) in [4.78, 5) is 11.7. The molecule has 4 rings (SSSR count). The molecule has 0 bridgehead atoms. The molecule has 2 aromatic carbocycles. The number of hydrogen-bond donors (Lipinski definition) is 1. The fraction of sp³-hybridized carbons (Fsp3) is 0.105. The van der Waals surface area contributed by atoms with Crippen molar-refractivity contribution in [1.82, 2.24) is 9.88 Å². The molecule has 0 fully saturated rings. The molecule has 1 N–H and O–H groups in total. The van der Waals surface area contributed by atoms with Gasteiger partial charge in [-0.25, -0.2) is 0 Å². The van der Waals surface area contributed by atoms with Gasteiger partial charge >= 0.3 is 0 Å². The number of Topliss-reactive ketones (excluding diaryl/α,β-unsaturated/α-hetero) is 1. The van der Waals surface area contributed by atoms with Crippen LogP contribution in [0.3, 0.4) is 0 Å². The fourth-order valence-corrected chi connectivity index (χ4v) is 3.12. The van der Waals surface area contributed by atoms with Crippen LogP contribution in [0.25, 0.3) is 21.8 Å². The molecule has 0 amide bonds. The highest BCUT2D eigenvalue weighted by Crippen LogP contribution is 2.32. The van der Waals surface area contributed by atoms with Crippen molar-refractivity contribution >= 4 is 27.6 Å². The van der Waals surface area contributed by atoms with E-state index in [2.05, 4.69) is 28.1 Å². The van der Waals surface area contributed by atoms with E-state index in [1.54, 1.807) is 6.92 Å². The molecule has 1 aromatic heterocycles. The number of allylic oxidation sites excluding steroid dienone is 2. The van der Waals surface area contributed by atoms with Crippen LogP contribution >= 0.6 is 0 Å². The lowest BCUT2D eigenvalue weighted by atomic mass is 10.1. The summed E-state index contributed by atoms with van der Waals surface area (Å²) in [6.07, 6.45) is 8.19. The van der Waals surface area contributed by atoms with Gasteiger partial charge in [0.05, 0.1) is 11.0 Å². The first-order chi connectivity index (χ1) is 10.8. The molecule has 1 atom stereocenters. The predicted molar refractivity (Wildman–Crippen MR) is 89.9 cm³/mol. The van der Waals surface area contributed by atoms with Gasteiger partial charge in [-0.3, -0.25) is 4.79 Å². The first-order valence-electron chi connectivity index (χ1n) is 7.39. The van der Waals surface area contributed by atoms with E-state index < -0.39 is 0 Å². The van der Waals surface area contributed by atoms with Crippen LogP contribution in [0.15, 0.2) is 66.9 Å². The number of ketones is 1. The predicted octanol–water partition coefficient (Wildman–Crippen LogP) is 4.17. The zero-order valence-electron chi connectivity index (χ0n) is 12.3. The van der Waals surface area contributed by atoms with E-state index in [1.165, 1.54) is 5.39 Å². The maximum absolute atomic E-state index is 11.7. The van der Waals surface area contributed by atoms with Gasteiger partial charge in [-0.2, -0.15) is 0 Å².